The number of H-pyrrole nitrogens is 1. The molecule has 5 nitrogen and oxygen atoms in total. The number of likely N-dealkylation sites (N-methyl/N-ethyl adjacent to an activating group) is 1. The molecule has 37 heavy (non-hydrogen) atoms. The zero-order valence-corrected chi connectivity index (χ0v) is 21.0. The third-order valence-corrected chi connectivity index (χ3v) is 6.46. The van der Waals surface area contributed by atoms with Crippen LogP contribution in [0.1, 0.15) is 11.3 Å². The van der Waals surface area contributed by atoms with Gasteiger partial charge in [-0.3, -0.25) is 5.41 Å². The Bertz CT molecular complexity index is 1570. The third-order valence-electron chi connectivity index (χ3n) is 6.46. The standard InChI is InChI=1S/C31H30FN5/c1-37(2)14-13-35-24-16-22(15-23(32)18-24)25-9-6-10-29-26(25)19-30(36-29)31(34)27-17-21(11-12-28(27)33)20-7-4-3-5-8-20/h3-12,15-19,34-36H,13-14,33H2,1-2H3. The summed E-state index contributed by atoms with van der Waals surface area (Å²) in [4.78, 5) is 5.45. The van der Waals surface area contributed by atoms with Crippen molar-refractivity contribution in [3.63, 3.8) is 0 Å². The van der Waals surface area contributed by atoms with Crippen LogP contribution in [0.25, 0.3) is 33.2 Å². The number of aromatic nitrogens is 1. The quantitative estimate of drug-likeness (QED) is 0.146. The number of aromatic amines is 1. The first-order chi connectivity index (χ1) is 17.9. The minimum Gasteiger partial charge on any atom is -0.398 e. The summed E-state index contributed by atoms with van der Waals surface area (Å²) in [5.41, 5.74) is 13.8. The van der Waals surface area contributed by atoms with Gasteiger partial charge in [-0.15, -0.1) is 0 Å². The summed E-state index contributed by atoms with van der Waals surface area (Å²) in [7, 11) is 4.01. The molecule has 0 saturated carbocycles. The average molecular weight is 492 g/mol. The predicted molar refractivity (Wildman–Crippen MR) is 153 cm³/mol. The summed E-state index contributed by atoms with van der Waals surface area (Å²) in [6.07, 6.45) is 0. The highest BCUT2D eigenvalue weighted by Gasteiger charge is 2.15. The molecule has 0 aliphatic rings. The molecule has 0 spiro atoms. The first-order valence-corrected chi connectivity index (χ1v) is 12.2. The largest absolute Gasteiger partial charge is 0.398 e. The molecule has 0 amide bonds. The van der Waals surface area contributed by atoms with E-state index in [-0.39, 0.29) is 5.82 Å². The van der Waals surface area contributed by atoms with Gasteiger partial charge in [-0.25, -0.2) is 4.39 Å². The van der Waals surface area contributed by atoms with E-state index in [4.69, 9.17) is 11.1 Å². The van der Waals surface area contributed by atoms with Crippen molar-refractivity contribution in [3.05, 3.63) is 108 Å². The first kappa shape index (κ1) is 24.3. The van der Waals surface area contributed by atoms with E-state index >= 15 is 0 Å². The Morgan fingerprint density at radius 1 is 0.892 bits per heavy atom. The molecule has 0 aliphatic carbocycles. The minimum atomic E-state index is -0.296. The van der Waals surface area contributed by atoms with Crippen molar-refractivity contribution in [1.29, 1.82) is 5.41 Å². The number of hydrogen-bond acceptors (Lipinski definition) is 4. The van der Waals surface area contributed by atoms with Crippen LogP contribution >= 0.6 is 0 Å². The highest BCUT2D eigenvalue weighted by atomic mass is 19.1. The summed E-state index contributed by atoms with van der Waals surface area (Å²) >= 11 is 0. The SMILES string of the molecule is CN(C)CCNc1cc(F)cc(-c2cccc3[nH]c(C(=N)c4cc(-c5ccccc5)ccc4N)cc23)c1. The number of halogens is 1. The number of nitrogens with two attached hydrogens (primary N) is 1. The molecule has 0 saturated heterocycles. The van der Waals surface area contributed by atoms with Crippen LogP contribution in [0.3, 0.4) is 0 Å². The number of nitrogens with zero attached hydrogens (tertiary/aromatic N) is 1. The average Bonchev–Trinajstić information content (AvgIpc) is 3.33. The van der Waals surface area contributed by atoms with Crippen LogP contribution in [0, 0.1) is 11.2 Å². The molecule has 5 rings (SSSR count). The van der Waals surface area contributed by atoms with Crippen molar-refractivity contribution < 1.29 is 4.39 Å². The third kappa shape index (κ3) is 5.25. The summed E-state index contributed by atoms with van der Waals surface area (Å²) in [5.74, 6) is -0.296. The molecule has 1 aromatic heterocycles. The maximum atomic E-state index is 14.6. The zero-order valence-electron chi connectivity index (χ0n) is 21.0. The van der Waals surface area contributed by atoms with Crippen molar-refractivity contribution in [1.82, 2.24) is 9.88 Å². The van der Waals surface area contributed by atoms with E-state index in [0.29, 0.717) is 22.7 Å². The lowest BCUT2D eigenvalue weighted by molar-refractivity contribution is 0.425. The number of benzene rings is 4. The van der Waals surface area contributed by atoms with E-state index in [9.17, 15) is 4.39 Å². The normalized spacial score (nSPS) is 11.2. The van der Waals surface area contributed by atoms with Crippen LogP contribution < -0.4 is 11.1 Å². The van der Waals surface area contributed by atoms with Gasteiger partial charge < -0.3 is 20.9 Å². The number of rotatable bonds is 8. The zero-order chi connectivity index (χ0) is 25.9. The fourth-order valence-corrected chi connectivity index (χ4v) is 4.54. The van der Waals surface area contributed by atoms with E-state index in [1.807, 2.05) is 93.0 Å². The molecule has 0 fully saturated rings. The van der Waals surface area contributed by atoms with Crippen molar-refractivity contribution in [2.45, 2.75) is 0 Å². The highest BCUT2D eigenvalue weighted by Crippen LogP contribution is 2.33. The molecule has 0 aliphatic heterocycles. The molecule has 5 N–H and O–H groups in total. The van der Waals surface area contributed by atoms with E-state index in [0.717, 1.165) is 51.9 Å². The second-order valence-corrected chi connectivity index (χ2v) is 9.45. The van der Waals surface area contributed by atoms with Crippen LogP contribution in [0.2, 0.25) is 0 Å². The van der Waals surface area contributed by atoms with Gasteiger partial charge in [0.25, 0.3) is 0 Å². The lowest BCUT2D eigenvalue weighted by Gasteiger charge is -2.13. The van der Waals surface area contributed by atoms with Gasteiger partial charge in [-0.1, -0.05) is 48.5 Å². The summed E-state index contributed by atoms with van der Waals surface area (Å²) in [6.45, 7) is 1.56. The van der Waals surface area contributed by atoms with Gasteiger partial charge in [0, 0.05) is 40.9 Å². The van der Waals surface area contributed by atoms with Crippen LogP contribution in [0.15, 0.2) is 91.0 Å². The maximum absolute atomic E-state index is 14.6. The van der Waals surface area contributed by atoms with Crippen molar-refractivity contribution in [2.75, 3.05) is 38.2 Å². The molecular formula is C31H30FN5. The monoisotopic (exact) mass is 491 g/mol. The van der Waals surface area contributed by atoms with E-state index in [1.165, 1.54) is 6.07 Å². The second-order valence-electron chi connectivity index (χ2n) is 9.45. The van der Waals surface area contributed by atoms with Gasteiger partial charge in [0.15, 0.2) is 0 Å². The lowest BCUT2D eigenvalue weighted by atomic mass is 9.97. The van der Waals surface area contributed by atoms with Crippen molar-refractivity contribution >= 4 is 28.0 Å². The van der Waals surface area contributed by atoms with Crippen LogP contribution in [-0.4, -0.2) is 42.8 Å². The summed E-state index contributed by atoms with van der Waals surface area (Å²) in [5, 5.41) is 13.2. The van der Waals surface area contributed by atoms with Crippen molar-refractivity contribution in [3.8, 4) is 22.3 Å². The van der Waals surface area contributed by atoms with Crippen LogP contribution in [0.4, 0.5) is 15.8 Å². The Labute approximate surface area is 216 Å². The molecule has 186 valence electrons. The lowest BCUT2D eigenvalue weighted by Crippen LogP contribution is -2.20. The van der Waals surface area contributed by atoms with Crippen molar-refractivity contribution in [2.24, 2.45) is 0 Å². The Morgan fingerprint density at radius 3 is 2.49 bits per heavy atom. The Kier molecular flexibility index (Phi) is 6.75. The number of nitrogen functional groups attached to an aromatic ring is 1. The molecule has 1 heterocycles. The molecular weight excluding hydrogens is 461 g/mol. The number of anilines is 2. The number of fused-ring (bicyclic) bond motifs is 1. The summed E-state index contributed by atoms with van der Waals surface area (Å²) in [6, 6.07) is 28.7. The molecule has 5 aromatic rings. The highest BCUT2D eigenvalue weighted by molar-refractivity contribution is 6.16. The smallest absolute Gasteiger partial charge is 0.125 e. The minimum absolute atomic E-state index is 0.296. The molecule has 6 heteroatoms. The van der Waals surface area contributed by atoms with Gasteiger partial charge in [-0.05, 0) is 78.8 Å². The van der Waals surface area contributed by atoms with Gasteiger partial charge in [0.05, 0.1) is 11.4 Å². The Balaban J connectivity index is 1.51. The molecule has 4 aromatic carbocycles. The second kappa shape index (κ2) is 10.3. The Morgan fingerprint density at radius 2 is 1.70 bits per heavy atom. The van der Waals surface area contributed by atoms with Gasteiger partial charge >= 0.3 is 0 Å². The predicted octanol–water partition coefficient (Wildman–Crippen LogP) is 6.61. The van der Waals surface area contributed by atoms with E-state index in [2.05, 4.69) is 15.2 Å². The van der Waals surface area contributed by atoms with Gasteiger partial charge in [-0.2, -0.15) is 0 Å². The topological polar surface area (TPSA) is 80.9 Å². The molecule has 0 unspecified atom stereocenters. The number of nitrogens with one attached hydrogen (secondary N) is 3. The fourth-order valence-electron chi connectivity index (χ4n) is 4.54. The van der Waals surface area contributed by atoms with Gasteiger partial charge in [0.1, 0.15) is 5.82 Å². The van der Waals surface area contributed by atoms with E-state index < -0.39 is 0 Å². The van der Waals surface area contributed by atoms with E-state index in [1.54, 1.807) is 6.07 Å². The molecule has 0 radical (unpaired) electrons. The molecule has 0 bridgehead atoms. The Hall–Kier alpha value is -4.42. The number of hydrogen-bond donors (Lipinski definition) is 4. The van der Waals surface area contributed by atoms with Gasteiger partial charge in [0.2, 0.25) is 0 Å². The molecule has 0 atom stereocenters. The summed E-state index contributed by atoms with van der Waals surface area (Å²) < 4.78 is 14.6. The fraction of sp³-hybridized carbons (Fsp3) is 0.129. The van der Waals surface area contributed by atoms with Crippen LogP contribution in [0.5, 0.6) is 0 Å². The first-order valence-electron chi connectivity index (χ1n) is 12.2. The van der Waals surface area contributed by atoms with Crippen LogP contribution in [-0.2, 0) is 0 Å². The maximum Gasteiger partial charge on any atom is 0.125 e.